The lowest BCUT2D eigenvalue weighted by atomic mass is 10.1. The Hall–Kier alpha value is -2.97. The molecule has 2 amide bonds. The Morgan fingerprint density at radius 3 is 2.33 bits per heavy atom. The third kappa shape index (κ3) is 8.03. The van der Waals surface area contributed by atoms with E-state index >= 15 is 0 Å². The fourth-order valence-electron chi connectivity index (χ4n) is 3.73. The third-order valence-electron chi connectivity index (χ3n) is 5.75. The van der Waals surface area contributed by atoms with Crippen LogP contribution in [-0.4, -0.2) is 60.7 Å². The van der Waals surface area contributed by atoms with E-state index in [-0.39, 0.29) is 24.4 Å². The van der Waals surface area contributed by atoms with E-state index in [0.29, 0.717) is 36.8 Å². The molecule has 0 spiro atoms. The Bertz CT molecular complexity index is 1100. The first kappa shape index (κ1) is 27.6. The van der Waals surface area contributed by atoms with Crippen LogP contribution in [0, 0.1) is 0 Å². The fraction of sp³-hybridized carbons (Fsp3) is 0.357. The molecule has 0 fully saturated rings. The predicted octanol–water partition coefficient (Wildman–Crippen LogP) is 5.37. The number of benzene rings is 2. The molecule has 0 N–H and O–H groups in total. The van der Waals surface area contributed by atoms with Gasteiger partial charge in [-0.25, -0.2) is 0 Å². The molecule has 3 aromatic rings. The van der Waals surface area contributed by atoms with Crippen LogP contribution in [0.5, 0.6) is 11.5 Å². The second-order valence-corrected chi connectivity index (χ2v) is 10.6. The molecule has 1 aromatic heterocycles. The Morgan fingerprint density at radius 2 is 1.69 bits per heavy atom. The normalized spacial score (nSPS) is 10.8. The van der Waals surface area contributed by atoms with Gasteiger partial charge in [0.15, 0.2) is 11.5 Å². The smallest absolute Gasteiger partial charge is 0.242 e. The van der Waals surface area contributed by atoms with Crippen LogP contribution in [0.15, 0.2) is 70.9 Å². The van der Waals surface area contributed by atoms with E-state index in [0.717, 1.165) is 15.3 Å². The highest BCUT2D eigenvalue weighted by molar-refractivity contribution is 8.00. The number of hydrogen-bond acceptors (Lipinski definition) is 6. The summed E-state index contributed by atoms with van der Waals surface area (Å²) in [6, 6.07) is 19.6. The number of amides is 2. The van der Waals surface area contributed by atoms with Crippen molar-refractivity contribution < 1.29 is 19.1 Å². The molecular formula is C28H34N2O4S2. The minimum atomic E-state index is -0.0766. The molecule has 192 valence electrons. The Kier molecular flexibility index (Phi) is 10.7. The summed E-state index contributed by atoms with van der Waals surface area (Å²) in [6.07, 6.45) is 0.664. The van der Waals surface area contributed by atoms with Crippen LogP contribution in [0.25, 0.3) is 0 Å². The van der Waals surface area contributed by atoms with Crippen LogP contribution < -0.4 is 9.47 Å². The topological polar surface area (TPSA) is 59.1 Å². The molecule has 6 nitrogen and oxygen atoms in total. The van der Waals surface area contributed by atoms with Gasteiger partial charge in [0.2, 0.25) is 11.8 Å². The highest BCUT2D eigenvalue weighted by atomic mass is 32.2. The first-order valence-corrected chi connectivity index (χ1v) is 13.8. The maximum atomic E-state index is 13.5. The SMILES string of the molecule is COc1ccc(CCN(Cc2cccs2)C(=O)CN(C(=O)CSc2ccccc2)C(C)C)cc1OC. The van der Waals surface area contributed by atoms with Crippen LogP contribution in [-0.2, 0) is 22.6 Å². The molecule has 0 radical (unpaired) electrons. The van der Waals surface area contributed by atoms with Crippen LogP contribution in [0.2, 0.25) is 0 Å². The molecule has 0 saturated carbocycles. The molecule has 0 aliphatic rings. The first-order valence-electron chi connectivity index (χ1n) is 11.9. The van der Waals surface area contributed by atoms with Gasteiger partial charge >= 0.3 is 0 Å². The van der Waals surface area contributed by atoms with Gasteiger partial charge in [-0.05, 0) is 61.5 Å². The van der Waals surface area contributed by atoms with E-state index < -0.39 is 0 Å². The molecule has 2 aromatic carbocycles. The lowest BCUT2D eigenvalue weighted by Crippen LogP contribution is -2.46. The molecule has 0 aliphatic carbocycles. The van der Waals surface area contributed by atoms with Crippen molar-refractivity contribution in [3.63, 3.8) is 0 Å². The average Bonchev–Trinajstić information content (AvgIpc) is 3.41. The lowest BCUT2D eigenvalue weighted by molar-refractivity contribution is -0.140. The van der Waals surface area contributed by atoms with Crippen LogP contribution in [0.1, 0.15) is 24.3 Å². The van der Waals surface area contributed by atoms with Gasteiger partial charge in [-0.3, -0.25) is 9.59 Å². The summed E-state index contributed by atoms with van der Waals surface area (Å²) in [4.78, 5) is 32.2. The van der Waals surface area contributed by atoms with E-state index in [1.54, 1.807) is 30.5 Å². The van der Waals surface area contributed by atoms with Crippen molar-refractivity contribution in [2.45, 2.75) is 37.8 Å². The van der Waals surface area contributed by atoms with Gasteiger partial charge in [0.25, 0.3) is 0 Å². The summed E-state index contributed by atoms with van der Waals surface area (Å²) in [5.41, 5.74) is 1.05. The molecule has 0 atom stereocenters. The number of methoxy groups -OCH3 is 2. The highest BCUT2D eigenvalue weighted by Gasteiger charge is 2.24. The van der Waals surface area contributed by atoms with E-state index in [1.165, 1.54) is 11.8 Å². The van der Waals surface area contributed by atoms with Crippen LogP contribution in [0.3, 0.4) is 0 Å². The Morgan fingerprint density at radius 1 is 0.944 bits per heavy atom. The fourth-order valence-corrected chi connectivity index (χ4v) is 5.26. The first-order chi connectivity index (χ1) is 17.4. The molecule has 3 rings (SSSR count). The predicted molar refractivity (Wildman–Crippen MR) is 147 cm³/mol. The summed E-state index contributed by atoms with van der Waals surface area (Å²) < 4.78 is 10.8. The number of thioether (sulfide) groups is 1. The molecule has 36 heavy (non-hydrogen) atoms. The maximum Gasteiger partial charge on any atom is 0.242 e. The van der Waals surface area contributed by atoms with Crippen molar-refractivity contribution in [1.82, 2.24) is 9.80 Å². The second-order valence-electron chi connectivity index (χ2n) is 8.55. The zero-order valence-corrected chi connectivity index (χ0v) is 22.9. The number of thiophene rings is 1. The molecule has 8 heteroatoms. The molecular weight excluding hydrogens is 492 g/mol. The Labute approximate surface area is 222 Å². The third-order valence-corrected chi connectivity index (χ3v) is 7.61. The molecule has 0 aliphatic heterocycles. The van der Waals surface area contributed by atoms with Crippen molar-refractivity contribution >= 4 is 34.9 Å². The molecule has 0 unspecified atom stereocenters. The van der Waals surface area contributed by atoms with E-state index in [2.05, 4.69) is 0 Å². The Balaban J connectivity index is 1.68. The van der Waals surface area contributed by atoms with Crippen LogP contribution >= 0.6 is 23.1 Å². The van der Waals surface area contributed by atoms with E-state index in [9.17, 15) is 9.59 Å². The van der Waals surface area contributed by atoms with Crippen molar-refractivity contribution in [1.29, 1.82) is 0 Å². The number of rotatable bonds is 13. The van der Waals surface area contributed by atoms with Gasteiger partial charge in [0.05, 0.1) is 26.5 Å². The summed E-state index contributed by atoms with van der Waals surface area (Å²) in [6.45, 7) is 5.01. The van der Waals surface area contributed by atoms with Crippen molar-refractivity contribution in [3.8, 4) is 11.5 Å². The number of hydrogen-bond donors (Lipinski definition) is 0. The van der Waals surface area contributed by atoms with Crippen LogP contribution in [0.4, 0.5) is 0 Å². The summed E-state index contributed by atoms with van der Waals surface area (Å²) >= 11 is 3.12. The quantitative estimate of drug-likeness (QED) is 0.281. The lowest BCUT2D eigenvalue weighted by Gasteiger charge is -2.30. The number of nitrogens with zero attached hydrogens (tertiary/aromatic N) is 2. The van der Waals surface area contributed by atoms with Crippen molar-refractivity contribution in [2.75, 3.05) is 33.1 Å². The number of carbonyl (C=O) groups is 2. The van der Waals surface area contributed by atoms with Crippen molar-refractivity contribution in [2.24, 2.45) is 0 Å². The van der Waals surface area contributed by atoms with E-state index in [1.807, 2.05) is 84.8 Å². The van der Waals surface area contributed by atoms with E-state index in [4.69, 9.17) is 9.47 Å². The molecule has 0 bridgehead atoms. The monoisotopic (exact) mass is 526 g/mol. The zero-order chi connectivity index (χ0) is 25.9. The van der Waals surface area contributed by atoms with Gasteiger partial charge in [0.1, 0.15) is 6.54 Å². The van der Waals surface area contributed by atoms with Crippen molar-refractivity contribution in [3.05, 3.63) is 76.5 Å². The minimum Gasteiger partial charge on any atom is -0.493 e. The van der Waals surface area contributed by atoms with Gasteiger partial charge in [-0.2, -0.15) is 0 Å². The molecule has 1 heterocycles. The number of ether oxygens (including phenoxy) is 2. The van der Waals surface area contributed by atoms with Gasteiger partial charge in [-0.1, -0.05) is 30.3 Å². The summed E-state index contributed by atoms with van der Waals surface area (Å²) in [5.74, 6) is 1.54. The van der Waals surface area contributed by atoms with Gasteiger partial charge < -0.3 is 19.3 Å². The maximum absolute atomic E-state index is 13.5. The molecule has 0 saturated heterocycles. The van der Waals surface area contributed by atoms with Gasteiger partial charge in [0, 0.05) is 22.4 Å². The highest BCUT2D eigenvalue weighted by Crippen LogP contribution is 2.28. The zero-order valence-electron chi connectivity index (χ0n) is 21.3. The largest absolute Gasteiger partial charge is 0.493 e. The van der Waals surface area contributed by atoms with Gasteiger partial charge in [-0.15, -0.1) is 23.1 Å². The standard InChI is InChI=1S/C28H34N2O4S2/c1-21(2)30(28(32)20-36-23-9-6-5-7-10-23)19-27(31)29(18-24-11-8-16-35-24)15-14-22-12-13-25(33-3)26(17-22)34-4/h5-13,16-17,21H,14-15,18-20H2,1-4H3. The summed E-state index contributed by atoms with van der Waals surface area (Å²) in [5, 5.41) is 2.01. The second kappa shape index (κ2) is 13.9. The minimum absolute atomic E-state index is 0.0387. The number of carbonyl (C=O) groups excluding carboxylic acids is 2. The summed E-state index contributed by atoms with van der Waals surface area (Å²) in [7, 11) is 3.22. The average molecular weight is 527 g/mol.